The van der Waals surface area contributed by atoms with Crippen LogP contribution < -0.4 is 5.32 Å². The summed E-state index contributed by atoms with van der Waals surface area (Å²) in [5, 5.41) is 12.2. The van der Waals surface area contributed by atoms with Crippen molar-refractivity contribution in [1.82, 2.24) is 5.32 Å². The van der Waals surface area contributed by atoms with Gasteiger partial charge in [0.15, 0.2) is 6.10 Å². The zero-order valence-corrected chi connectivity index (χ0v) is 12.8. The van der Waals surface area contributed by atoms with Crippen molar-refractivity contribution in [1.29, 1.82) is 0 Å². The molecule has 2 unspecified atom stereocenters. The molecule has 0 aliphatic carbocycles. The number of hydrogen-bond acceptors (Lipinski definition) is 4. The lowest BCUT2D eigenvalue weighted by atomic mass is 10.2. The zero-order valence-electron chi connectivity index (χ0n) is 11.3. The second-order valence-corrected chi connectivity index (χ2v) is 6.11. The summed E-state index contributed by atoms with van der Waals surface area (Å²) in [4.78, 5) is 23.4. The topological polar surface area (TPSA) is 75.6 Å². The average molecular weight is 330 g/mol. The van der Waals surface area contributed by atoms with Gasteiger partial charge in [-0.2, -0.15) is 0 Å². The second-order valence-electron chi connectivity index (χ2n) is 4.69. The van der Waals surface area contributed by atoms with Crippen LogP contribution in [0.15, 0.2) is 29.2 Å². The zero-order chi connectivity index (χ0) is 15.2. The number of hydrogen-bond donors (Lipinski definition) is 2. The third kappa shape index (κ3) is 4.91. The monoisotopic (exact) mass is 329 g/mol. The normalized spacial score (nSPS) is 21.2. The Morgan fingerprint density at radius 3 is 2.81 bits per heavy atom. The molecule has 2 atom stereocenters. The summed E-state index contributed by atoms with van der Waals surface area (Å²) in [6.07, 6.45) is 0.170. The Morgan fingerprint density at radius 2 is 2.14 bits per heavy atom. The van der Waals surface area contributed by atoms with Crippen LogP contribution in [0.1, 0.15) is 12.8 Å². The molecule has 7 heteroatoms. The molecule has 1 saturated heterocycles. The van der Waals surface area contributed by atoms with Crippen LogP contribution >= 0.6 is 23.4 Å². The summed E-state index contributed by atoms with van der Waals surface area (Å²) in [5.41, 5.74) is 0. The Labute approximate surface area is 132 Å². The number of rotatable bonds is 6. The number of carboxylic acid groups (broad SMARTS) is 1. The molecule has 1 aromatic rings. The Morgan fingerprint density at radius 1 is 1.38 bits per heavy atom. The van der Waals surface area contributed by atoms with Gasteiger partial charge in [-0.3, -0.25) is 4.79 Å². The Kier molecular flexibility index (Phi) is 5.90. The van der Waals surface area contributed by atoms with E-state index in [0.29, 0.717) is 24.4 Å². The number of amides is 1. The van der Waals surface area contributed by atoms with Crippen molar-refractivity contribution < 1.29 is 19.4 Å². The van der Waals surface area contributed by atoms with Crippen molar-refractivity contribution >= 4 is 35.2 Å². The van der Waals surface area contributed by atoms with E-state index in [9.17, 15) is 9.59 Å². The van der Waals surface area contributed by atoms with E-state index in [4.69, 9.17) is 21.4 Å². The molecule has 21 heavy (non-hydrogen) atoms. The maximum Gasteiger partial charge on any atom is 0.332 e. The summed E-state index contributed by atoms with van der Waals surface area (Å²) in [5.74, 6) is -0.806. The summed E-state index contributed by atoms with van der Waals surface area (Å²) < 4.78 is 5.31. The van der Waals surface area contributed by atoms with E-state index >= 15 is 0 Å². The molecule has 1 heterocycles. The van der Waals surface area contributed by atoms with Crippen LogP contribution in [-0.4, -0.2) is 41.5 Å². The largest absolute Gasteiger partial charge is 0.479 e. The molecule has 0 bridgehead atoms. The first-order chi connectivity index (χ1) is 10.1. The molecule has 2 N–H and O–H groups in total. The van der Waals surface area contributed by atoms with Crippen molar-refractivity contribution in [2.75, 3.05) is 12.3 Å². The van der Waals surface area contributed by atoms with E-state index in [1.807, 2.05) is 18.2 Å². The van der Waals surface area contributed by atoms with Crippen molar-refractivity contribution in [3.63, 3.8) is 0 Å². The van der Waals surface area contributed by atoms with Gasteiger partial charge in [-0.1, -0.05) is 23.7 Å². The first-order valence-electron chi connectivity index (χ1n) is 6.58. The van der Waals surface area contributed by atoms with E-state index in [-0.39, 0.29) is 17.8 Å². The van der Waals surface area contributed by atoms with Gasteiger partial charge in [0, 0.05) is 11.4 Å². The predicted molar refractivity (Wildman–Crippen MR) is 80.7 cm³/mol. The summed E-state index contributed by atoms with van der Waals surface area (Å²) in [6, 6.07) is 7.34. The molecular formula is C14H16ClNO4S. The van der Waals surface area contributed by atoms with Crippen LogP contribution in [0.3, 0.4) is 0 Å². The maximum absolute atomic E-state index is 11.8. The van der Waals surface area contributed by atoms with E-state index in [0.717, 1.165) is 4.90 Å². The fourth-order valence-corrected chi connectivity index (χ4v) is 3.09. The Hall–Kier alpha value is -1.24. The number of carbonyl (C=O) groups is 2. The third-order valence-corrected chi connectivity index (χ3v) is 4.62. The minimum absolute atomic E-state index is 0.123. The minimum Gasteiger partial charge on any atom is -0.479 e. The van der Waals surface area contributed by atoms with Crippen LogP contribution in [-0.2, 0) is 14.3 Å². The van der Waals surface area contributed by atoms with E-state index < -0.39 is 12.1 Å². The number of halogens is 1. The van der Waals surface area contributed by atoms with Crippen molar-refractivity contribution in [3.8, 4) is 0 Å². The van der Waals surface area contributed by atoms with Crippen molar-refractivity contribution in [2.24, 2.45) is 0 Å². The first kappa shape index (κ1) is 16.1. The molecule has 2 rings (SSSR count). The van der Waals surface area contributed by atoms with Crippen molar-refractivity contribution in [2.45, 2.75) is 29.9 Å². The Bertz CT molecular complexity index is 525. The standard InChI is InChI=1S/C14H16ClNO4S/c15-10-3-1-2-4-12(10)21-8-13(17)16-7-9-5-6-11(20-9)14(18)19/h1-4,9,11H,5-8H2,(H,16,17)(H,18,19). The fraction of sp³-hybridized carbons (Fsp3) is 0.429. The second kappa shape index (κ2) is 7.68. The molecule has 0 spiro atoms. The number of carbonyl (C=O) groups excluding carboxylic acids is 1. The molecule has 114 valence electrons. The third-order valence-electron chi connectivity index (χ3n) is 3.11. The molecule has 1 aromatic carbocycles. The highest BCUT2D eigenvalue weighted by atomic mass is 35.5. The lowest BCUT2D eigenvalue weighted by molar-refractivity contribution is -0.149. The maximum atomic E-state index is 11.8. The van der Waals surface area contributed by atoms with Crippen molar-refractivity contribution in [3.05, 3.63) is 29.3 Å². The van der Waals surface area contributed by atoms with Gasteiger partial charge >= 0.3 is 5.97 Å². The molecular weight excluding hydrogens is 314 g/mol. The summed E-state index contributed by atoms with van der Waals surface area (Å²) >= 11 is 7.37. The van der Waals surface area contributed by atoms with Gasteiger partial charge in [0.1, 0.15) is 0 Å². The highest BCUT2D eigenvalue weighted by Crippen LogP contribution is 2.26. The van der Waals surface area contributed by atoms with Crippen LogP contribution in [0.4, 0.5) is 0 Å². The molecule has 0 saturated carbocycles. The fourth-order valence-electron chi connectivity index (χ4n) is 2.02. The number of ether oxygens (including phenoxy) is 1. The highest BCUT2D eigenvalue weighted by Gasteiger charge is 2.30. The SMILES string of the molecule is O=C(CSc1ccccc1Cl)NCC1CCC(C(=O)O)O1. The number of carboxylic acids is 1. The molecule has 1 aliphatic heterocycles. The Balaban J connectivity index is 1.69. The van der Waals surface area contributed by atoms with Gasteiger partial charge in [-0.15, -0.1) is 11.8 Å². The van der Waals surface area contributed by atoms with Crippen LogP contribution in [0.2, 0.25) is 5.02 Å². The first-order valence-corrected chi connectivity index (χ1v) is 7.95. The van der Waals surface area contributed by atoms with E-state index in [1.54, 1.807) is 6.07 Å². The molecule has 5 nitrogen and oxygen atoms in total. The van der Waals surface area contributed by atoms with Gasteiger partial charge in [0.2, 0.25) is 5.91 Å². The van der Waals surface area contributed by atoms with Gasteiger partial charge in [-0.25, -0.2) is 4.79 Å². The molecule has 1 fully saturated rings. The van der Waals surface area contributed by atoms with E-state index in [2.05, 4.69) is 5.32 Å². The average Bonchev–Trinajstić information content (AvgIpc) is 2.93. The minimum atomic E-state index is -0.946. The van der Waals surface area contributed by atoms with Crippen LogP contribution in [0.25, 0.3) is 0 Å². The number of aliphatic carboxylic acids is 1. The number of thioether (sulfide) groups is 1. The van der Waals surface area contributed by atoms with Gasteiger partial charge in [0.05, 0.1) is 16.9 Å². The molecule has 1 aliphatic rings. The van der Waals surface area contributed by atoms with E-state index in [1.165, 1.54) is 11.8 Å². The smallest absolute Gasteiger partial charge is 0.332 e. The van der Waals surface area contributed by atoms with Crippen LogP contribution in [0.5, 0.6) is 0 Å². The lowest BCUT2D eigenvalue weighted by Gasteiger charge is -2.12. The molecule has 1 amide bonds. The number of nitrogens with one attached hydrogen (secondary N) is 1. The summed E-state index contributed by atoms with van der Waals surface area (Å²) in [7, 11) is 0. The van der Waals surface area contributed by atoms with Gasteiger partial charge in [-0.05, 0) is 25.0 Å². The predicted octanol–water partition coefficient (Wildman–Crippen LogP) is 2.18. The number of benzene rings is 1. The van der Waals surface area contributed by atoms with Gasteiger partial charge < -0.3 is 15.2 Å². The quantitative estimate of drug-likeness (QED) is 0.782. The summed E-state index contributed by atoms with van der Waals surface area (Å²) in [6.45, 7) is 0.339. The molecule has 0 radical (unpaired) electrons. The highest BCUT2D eigenvalue weighted by molar-refractivity contribution is 8.00. The lowest BCUT2D eigenvalue weighted by Crippen LogP contribution is -2.34. The molecule has 0 aromatic heterocycles. The van der Waals surface area contributed by atoms with Gasteiger partial charge in [0.25, 0.3) is 0 Å². The van der Waals surface area contributed by atoms with Crippen LogP contribution in [0, 0.1) is 0 Å².